The molecular formula is C27H18Br2N2O2. The van der Waals surface area contributed by atoms with Crippen LogP contribution in [0.4, 0.5) is 0 Å². The number of rotatable bonds is 3. The molecule has 0 aromatic heterocycles. The molecule has 0 saturated heterocycles. The summed E-state index contributed by atoms with van der Waals surface area (Å²) in [4.78, 5) is 13.5. The molecule has 0 bridgehead atoms. The van der Waals surface area contributed by atoms with E-state index in [4.69, 9.17) is 9.84 Å². The Kier molecular flexibility index (Phi) is 5.07. The third kappa shape index (κ3) is 3.67. The first-order chi connectivity index (χ1) is 16.1. The zero-order chi connectivity index (χ0) is 22.5. The summed E-state index contributed by atoms with van der Waals surface area (Å²) in [6.07, 6.45) is -0.113. The predicted molar refractivity (Wildman–Crippen MR) is 137 cm³/mol. The van der Waals surface area contributed by atoms with Gasteiger partial charge in [0, 0.05) is 26.5 Å². The molecule has 162 valence electrons. The Balaban J connectivity index is 1.43. The number of ketones is 1. The fourth-order valence-electron chi connectivity index (χ4n) is 4.53. The van der Waals surface area contributed by atoms with E-state index >= 15 is 0 Å². The largest absolute Gasteiger partial charge is 0.461 e. The summed E-state index contributed by atoms with van der Waals surface area (Å²) in [6.45, 7) is 0. The first-order valence-corrected chi connectivity index (χ1v) is 12.3. The molecule has 6 heteroatoms. The monoisotopic (exact) mass is 560 g/mol. The molecule has 4 nitrogen and oxygen atoms in total. The molecule has 0 saturated carbocycles. The van der Waals surface area contributed by atoms with Crippen molar-refractivity contribution < 1.29 is 9.53 Å². The minimum Gasteiger partial charge on any atom is -0.461 e. The van der Waals surface area contributed by atoms with Crippen LogP contribution in [0.1, 0.15) is 33.9 Å². The average molecular weight is 562 g/mol. The number of carbonyl (C=O) groups excluding carboxylic acids is 1. The Morgan fingerprint density at radius 2 is 1.64 bits per heavy atom. The van der Waals surface area contributed by atoms with Crippen molar-refractivity contribution >= 4 is 54.1 Å². The fourth-order valence-corrected chi connectivity index (χ4v) is 5.17. The van der Waals surface area contributed by atoms with Crippen LogP contribution in [0.15, 0.2) is 99.0 Å². The molecule has 0 amide bonds. The van der Waals surface area contributed by atoms with Gasteiger partial charge in [0.15, 0.2) is 0 Å². The maximum absolute atomic E-state index is 13.5. The molecule has 2 atom stereocenters. The zero-order valence-corrected chi connectivity index (χ0v) is 20.6. The minimum absolute atomic E-state index is 0.0721. The van der Waals surface area contributed by atoms with Crippen molar-refractivity contribution in [3.8, 4) is 5.75 Å². The Bertz CT molecular complexity index is 1430. The van der Waals surface area contributed by atoms with Crippen molar-refractivity contribution in [1.29, 1.82) is 0 Å². The number of hydrogen-bond donors (Lipinski definition) is 0. The number of hydrazone groups is 1. The summed E-state index contributed by atoms with van der Waals surface area (Å²) in [6, 6.07) is 27.9. The first kappa shape index (κ1) is 20.6. The number of Topliss-reactive ketones (excluding diaryl/α,β-unsaturated/α-hetero) is 1. The van der Waals surface area contributed by atoms with E-state index in [9.17, 15) is 4.79 Å². The molecule has 0 spiro atoms. The van der Waals surface area contributed by atoms with Gasteiger partial charge >= 0.3 is 0 Å². The molecule has 0 aliphatic carbocycles. The number of fused-ring (bicyclic) bond motifs is 4. The number of benzene rings is 4. The average Bonchev–Trinajstić information content (AvgIpc) is 3.29. The van der Waals surface area contributed by atoms with Gasteiger partial charge in [0.25, 0.3) is 6.23 Å². The van der Waals surface area contributed by atoms with Crippen molar-refractivity contribution in [3.63, 3.8) is 0 Å². The van der Waals surface area contributed by atoms with E-state index in [1.165, 1.54) is 10.8 Å². The van der Waals surface area contributed by atoms with Crippen LogP contribution < -0.4 is 4.74 Å². The van der Waals surface area contributed by atoms with E-state index in [2.05, 4.69) is 68.3 Å². The second-order valence-electron chi connectivity index (χ2n) is 8.23. The van der Waals surface area contributed by atoms with E-state index < -0.39 is 6.23 Å². The maximum atomic E-state index is 13.5. The van der Waals surface area contributed by atoms with Gasteiger partial charge in [0.2, 0.25) is 5.78 Å². The van der Waals surface area contributed by atoms with E-state index in [0.717, 1.165) is 31.5 Å². The Morgan fingerprint density at radius 1 is 0.879 bits per heavy atom. The summed E-state index contributed by atoms with van der Waals surface area (Å²) < 4.78 is 8.14. The SMILES string of the molecule is O=C(c1ccc(Br)cc1)C1Oc2ccc(Br)cc2C2CC(c3ccc4ccccc4c3)=NN12. The smallest absolute Gasteiger partial charge is 0.251 e. The number of halogens is 2. The van der Waals surface area contributed by atoms with Gasteiger partial charge in [-0.05, 0) is 52.7 Å². The molecule has 2 unspecified atom stereocenters. The van der Waals surface area contributed by atoms with Gasteiger partial charge in [0.1, 0.15) is 5.75 Å². The Morgan fingerprint density at radius 3 is 2.45 bits per heavy atom. The van der Waals surface area contributed by atoms with Crippen LogP contribution in [0.5, 0.6) is 5.75 Å². The fraction of sp³-hybridized carbons (Fsp3) is 0.111. The molecular weight excluding hydrogens is 544 g/mol. The lowest BCUT2D eigenvalue weighted by molar-refractivity contribution is -0.00459. The molecule has 0 radical (unpaired) electrons. The zero-order valence-electron chi connectivity index (χ0n) is 17.4. The lowest BCUT2D eigenvalue weighted by atomic mass is 9.95. The summed E-state index contributed by atoms with van der Waals surface area (Å²) >= 11 is 7.01. The second kappa shape index (κ2) is 8.12. The number of nitrogens with zero attached hydrogens (tertiary/aromatic N) is 2. The molecule has 2 aliphatic heterocycles. The normalized spacial score (nSPS) is 19.0. The van der Waals surface area contributed by atoms with Crippen LogP contribution in [-0.4, -0.2) is 22.7 Å². The lowest BCUT2D eigenvalue weighted by Gasteiger charge is -2.37. The van der Waals surface area contributed by atoms with Crippen LogP contribution in [0.2, 0.25) is 0 Å². The van der Waals surface area contributed by atoms with Gasteiger partial charge in [-0.1, -0.05) is 80.4 Å². The van der Waals surface area contributed by atoms with Gasteiger partial charge < -0.3 is 4.74 Å². The van der Waals surface area contributed by atoms with Crippen LogP contribution in [0, 0.1) is 0 Å². The van der Waals surface area contributed by atoms with Crippen molar-refractivity contribution in [2.45, 2.75) is 18.7 Å². The summed E-state index contributed by atoms with van der Waals surface area (Å²) in [5, 5.41) is 9.14. The van der Waals surface area contributed by atoms with E-state index in [-0.39, 0.29) is 11.8 Å². The van der Waals surface area contributed by atoms with Crippen LogP contribution in [0.3, 0.4) is 0 Å². The van der Waals surface area contributed by atoms with Crippen molar-refractivity contribution in [2.75, 3.05) is 0 Å². The van der Waals surface area contributed by atoms with E-state index in [1.54, 1.807) is 0 Å². The highest BCUT2D eigenvalue weighted by molar-refractivity contribution is 9.10. The van der Waals surface area contributed by atoms with Gasteiger partial charge in [-0.25, -0.2) is 5.01 Å². The summed E-state index contributed by atoms with van der Waals surface area (Å²) in [5.74, 6) is 0.620. The minimum atomic E-state index is -0.817. The van der Waals surface area contributed by atoms with Crippen LogP contribution >= 0.6 is 31.9 Å². The van der Waals surface area contributed by atoms with Crippen LogP contribution in [0.25, 0.3) is 10.8 Å². The summed E-state index contributed by atoms with van der Waals surface area (Å²) in [7, 11) is 0. The molecule has 4 aromatic carbocycles. The van der Waals surface area contributed by atoms with Gasteiger partial charge in [-0.3, -0.25) is 4.79 Å². The molecule has 2 heterocycles. The highest BCUT2D eigenvalue weighted by Crippen LogP contribution is 2.44. The first-order valence-electron chi connectivity index (χ1n) is 10.7. The van der Waals surface area contributed by atoms with E-state index in [1.807, 2.05) is 53.5 Å². The Labute approximate surface area is 208 Å². The number of ether oxygens (including phenoxy) is 1. The second-order valence-corrected chi connectivity index (χ2v) is 10.1. The molecule has 2 aliphatic rings. The molecule has 0 fully saturated rings. The van der Waals surface area contributed by atoms with Crippen molar-refractivity contribution in [1.82, 2.24) is 5.01 Å². The number of hydrogen-bond acceptors (Lipinski definition) is 4. The standard InChI is InChI=1S/C27H18Br2N2O2/c28-20-9-7-17(8-10-20)26(32)27-31-24(22-14-21(29)11-12-25(22)33-27)15-23(30-31)19-6-5-16-3-1-2-4-18(16)13-19/h1-14,24,27H,15H2. The van der Waals surface area contributed by atoms with E-state index in [0.29, 0.717) is 12.0 Å². The molecule has 4 aromatic rings. The quantitative estimate of drug-likeness (QED) is 0.250. The van der Waals surface area contributed by atoms with Crippen molar-refractivity contribution in [2.24, 2.45) is 5.10 Å². The van der Waals surface area contributed by atoms with Crippen LogP contribution in [-0.2, 0) is 0 Å². The van der Waals surface area contributed by atoms with Crippen molar-refractivity contribution in [3.05, 3.63) is 111 Å². The Hall–Kier alpha value is -2.96. The molecule has 33 heavy (non-hydrogen) atoms. The lowest BCUT2D eigenvalue weighted by Crippen LogP contribution is -2.45. The topological polar surface area (TPSA) is 41.9 Å². The summed E-state index contributed by atoms with van der Waals surface area (Å²) in [5.41, 5.74) is 3.64. The highest BCUT2D eigenvalue weighted by Gasteiger charge is 2.43. The van der Waals surface area contributed by atoms with Gasteiger partial charge in [-0.15, -0.1) is 0 Å². The number of carbonyl (C=O) groups is 1. The molecule has 6 rings (SSSR count). The molecule has 0 N–H and O–H groups in total. The maximum Gasteiger partial charge on any atom is 0.251 e. The van der Waals surface area contributed by atoms with Gasteiger partial charge in [-0.2, -0.15) is 5.10 Å². The van der Waals surface area contributed by atoms with Gasteiger partial charge in [0.05, 0.1) is 11.8 Å². The third-order valence-electron chi connectivity index (χ3n) is 6.19. The highest BCUT2D eigenvalue weighted by atomic mass is 79.9. The predicted octanol–water partition coefficient (Wildman–Crippen LogP) is 7.12. The third-order valence-corrected chi connectivity index (χ3v) is 7.21.